The van der Waals surface area contributed by atoms with E-state index in [0.717, 1.165) is 25.9 Å². The van der Waals surface area contributed by atoms with Crippen LogP contribution in [0.4, 0.5) is 5.69 Å². The fourth-order valence-electron chi connectivity index (χ4n) is 2.54. The van der Waals surface area contributed by atoms with Crippen molar-refractivity contribution in [1.82, 2.24) is 4.90 Å². The lowest BCUT2D eigenvalue weighted by molar-refractivity contribution is -0.112. The number of para-hydroxylation sites is 1. The standard InChI is InChI=1S/C18H21N3O3/c1-2-24-18(23)15-8-4-5-9-16(15)20-17(22)14(12-19)13-21-10-6-3-7-11-21/h4-5,8-9,13H,2-3,6-7,10-11H2,1H3,(H,20,22)/b14-13-. The second kappa shape index (κ2) is 8.73. The Bertz CT molecular complexity index is 670. The third-order valence-corrected chi connectivity index (χ3v) is 3.74. The number of hydrogen-bond donors (Lipinski definition) is 1. The Balaban J connectivity index is 2.14. The van der Waals surface area contributed by atoms with Crippen molar-refractivity contribution in [3.63, 3.8) is 0 Å². The fourth-order valence-corrected chi connectivity index (χ4v) is 2.54. The summed E-state index contributed by atoms with van der Waals surface area (Å²) < 4.78 is 4.98. The molecule has 0 bridgehead atoms. The SMILES string of the molecule is CCOC(=O)c1ccccc1NC(=O)/C(C#N)=C\N1CCCCC1. The van der Waals surface area contributed by atoms with Crippen LogP contribution in [0.25, 0.3) is 0 Å². The molecular formula is C18H21N3O3. The number of nitrogens with one attached hydrogen (secondary N) is 1. The number of nitriles is 1. The average Bonchev–Trinajstić information content (AvgIpc) is 2.61. The van der Waals surface area contributed by atoms with E-state index in [1.54, 1.807) is 37.4 Å². The first-order chi connectivity index (χ1) is 11.7. The van der Waals surface area contributed by atoms with E-state index < -0.39 is 11.9 Å². The van der Waals surface area contributed by atoms with Crippen molar-refractivity contribution >= 4 is 17.6 Å². The average molecular weight is 327 g/mol. The molecule has 1 aromatic carbocycles. The van der Waals surface area contributed by atoms with E-state index in [9.17, 15) is 14.9 Å². The molecular weight excluding hydrogens is 306 g/mol. The van der Waals surface area contributed by atoms with E-state index in [-0.39, 0.29) is 17.7 Å². The maximum Gasteiger partial charge on any atom is 0.340 e. The van der Waals surface area contributed by atoms with E-state index in [1.165, 1.54) is 6.42 Å². The molecule has 0 aromatic heterocycles. The van der Waals surface area contributed by atoms with Gasteiger partial charge in [0.05, 0.1) is 17.9 Å². The number of likely N-dealkylation sites (tertiary alicyclic amines) is 1. The largest absolute Gasteiger partial charge is 0.462 e. The zero-order valence-corrected chi connectivity index (χ0v) is 13.7. The van der Waals surface area contributed by atoms with Gasteiger partial charge in [-0.1, -0.05) is 12.1 Å². The molecule has 1 heterocycles. The Kier molecular flexibility index (Phi) is 6.38. The molecule has 1 saturated heterocycles. The van der Waals surface area contributed by atoms with Crippen LogP contribution in [0, 0.1) is 11.3 Å². The molecule has 126 valence electrons. The van der Waals surface area contributed by atoms with Crippen molar-refractivity contribution in [3.05, 3.63) is 41.6 Å². The minimum atomic E-state index is -0.528. The number of benzene rings is 1. The summed E-state index contributed by atoms with van der Waals surface area (Å²) in [5.41, 5.74) is 0.624. The van der Waals surface area contributed by atoms with Gasteiger partial charge in [-0.15, -0.1) is 0 Å². The molecule has 6 heteroatoms. The first-order valence-corrected chi connectivity index (χ1v) is 8.09. The van der Waals surface area contributed by atoms with Gasteiger partial charge in [-0.3, -0.25) is 4.79 Å². The van der Waals surface area contributed by atoms with Crippen LogP contribution in [-0.4, -0.2) is 36.5 Å². The second-order valence-corrected chi connectivity index (χ2v) is 5.47. The van der Waals surface area contributed by atoms with E-state index in [0.29, 0.717) is 5.69 Å². The summed E-state index contributed by atoms with van der Waals surface area (Å²) in [4.78, 5) is 26.3. The maximum atomic E-state index is 12.4. The zero-order chi connectivity index (χ0) is 17.4. The monoisotopic (exact) mass is 327 g/mol. The number of esters is 1. The molecule has 0 atom stereocenters. The summed E-state index contributed by atoms with van der Waals surface area (Å²) in [6.07, 6.45) is 4.89. The summed E-state index contributed by atoms with van der Waals surface area (Å²) in [7, 11) is 0. The molecule has 1 N–H and O–H groups in total. The van der Waals surface area contributed by atoms with Crippen molar-refractivity contribution in [2.24, 2.45) is 0 Å². The van der Waals surface area contributed by atoms with Gasteiger partial charge in [0.2, 0.25) is 0 Å². The van der Waals surface area contributed by atoms with Crippen molar-refractivity contribution in [2.45, 2.75) is 26.2 Å². The summed E-state index contributed by atoms with van der Waals surface area (Å²) in [6.45, 7) is 3.66. The molecule has 1 amide bonds. The third kappa shape index (κ3) is 4.59. The molecule has 0 saturated carbocycles. The Morgan fingerprint density at radius 1 is 1.29 bits per heavy atom. The number of anilines is 1. The van der Waals surface area contributed by atoms with Crippen LogP contribution in [0.3, 0.4) is 0 Å². The molecule has 1 fully saturated rings. The number of carbonyl (C=O) groups is 2. The lowest BCUT2D eigenvalue weighted by Gasteiger charge is -2.25. The van der Waals surface area contributed by atoms with Crippen molar-refractivity contribution in [3.8, 4) is 6.07 Å². The Morgan fingerprint density at radius 3 is 2.67 bits per heavy atom. The molecule has 1 aliphatic heterocycles. The summed E-state index contributed by atoms with van der Waals surface area (Å²) in [5.74, 6) is -1.04. The molecule has 1 aliphatic rings. The highest BCUT2D eigenvalue weighted by molar-refractivity contribution is 6.09. The number of nitrogens with zero attached hydrogens (tertiary/aromatic N) is 2. The number of amides is 1. The van der Waals surface area contributed by atoms with Gasteiger partial charge < -0.3 is 15.0 Å². The van der Waals surface area contributed by atoms with Crippen LogP contribution in [0.2, 0.25) is 0 Å². The molecule has 0 aliphatic carbocycles. The lowest BCUT2D eigenvalue weighted by atomic mass is 10.1. The van der Waals surface area contributed by atoms with Crippen LogP contribution in [0.15, 0.2) is 36.0 Å². The van der Waals surface area contributed by atoms with Crippen molar-refractivity contribution in [1.29, 1.82) is 5.26 Å². The molecule has 2 rings (SSSR count). The predicted molar refractivity (Wildman–Crippen MR) is 90.1 cm³/mol. The molecule has 24 heavy (non-hydrogen) atoms. The van der Waals surface area contributed by atoms with Gasteiger partial charge in [0.1, 0.15) is 11.6 Å². The van der Waals surface area contributed by atoms with Crippen molar-refractivity contribution < 1.29 is 14.3 Å². The van der Waals surface area contributed by atoms with Crippen LogP contribution in [0.5, 0.6) is 0 Å². The van der Waals surface area contributed by atoms with Crippen LogP contribution < -0.4 is 5.32 Å². The van der Waals surface area contributed by atoms with Gasteiger partial charge in [-0.05, 0) is 38.3 Å². The van der Waals surface area contributed by atoms with E-state index in [2.05, 4.69) is 5.32 Å². The van der Waals surface area contributed by atoms with E-state index >= 15 is 0 Å². The smallest absolute Gasteiger partial charge is 0.340 e. The van der Waals surface area contributed by atoms with Gasteiger partial charge in [0, 0.05) is 19.3 Å². The van der Waals surface area contributed by atoms with E-state index in [4.69, 9.17) is 4.74 Å². The van der Waals surface area contributed by atoms with Gasteiger partial charge in [-0.2, -0.15) is 5.26 Å². The van der Waals surface area contributed by atoms with Crippen LogP contribution >= 0.6 is 0 Å². The highest BCUT2D eigenvalue weighted by Crippen LogP contribution is 2.18. The second-order valence-electron chi connectivity index (χ2n) is 5.47. The molecule has 0 radical (unpaired) electrons. The normalized spacial score (nSPS) is 14.7. The molecule has 0 spiro atoms. The molecule has 0 unspecified atom stereocenters. The highest BCUT2D eigenvalue weighted by atomic mass is 16.5. The quantitative estimate of drug-likeness (QED) is 0.511. The molecule has 1 aromatic rings. The van der Waals surface area contributed by atoms with Gasteiger partial charge in [0.15, 0.2) is 0 Å². The number of rotatable bonds is 5. The predicted octanol–water partition coefficient (Wildman–Crippen LogP) is 2.70. The maximum absolute atomic E-state index is 12.4. The summed E-state index contributed by atoms with van der Waals surface area (Å²) >= 11 is 0. The third-order valence-electron chi connectivity index (χ3n) is 3.74. The lowest BCUT2D eigenvalue weighted by Crippen LogP contribution is -2.26. The first kappa shape index (κ1) is 17.5. The van der Waals surface area contributed by atoms with Gasteiger partial charge >= 0.3 is 5.97 Å². The van der Waals surface area contributed by atoms with Gasteiger partial charge in [0.25, 0.3) is 5.91 Å². The van der Waals surface area contributed by atoms with Crippen LogP contribution in [-0.2, 0) is 9.53 Å². The number of ether oxygens (including phenoxy) is 1. The number of hydrogen-bond acceptors (Lipinski definition) is 5. The summed E-state index contributed by atoms with van der Waals surface area (Å²) in [5, 5.41) is 11.9. The fraction of sp³-hybridized carbons (Fsp3) is 0.389. The van der Waals surface area contributed by atoms with Gasteiger partial charge in [-0.25, -0.2) is 4.79 Å². The summed E-state index contributed by atoms with van der Waals surface area (Å²) in [6, 6.07) is 8.52. The minimum Gasteiger partial charge on any atom is -0.462 e. The minimum absolute atomic E-state index is 0.0237. The Hall–Kier alpha value is -2.81. The Morgan fingerprint density at radius 2 is 2.00 bits per heavy atom. The first-order valence-electron chi connectivity index (χ1n) is 8.09. The topological polar surface area (TPSA) is 82.4 Å². The number of piperidine rings is 1. The zero-order valence-electron chi connectivity index (χ0n) is 13.7. The van der Waals surface area contributed by atoms with E-state index in [1.807, 2.05) is 11.0 Å². The molecule has 6 nitrogen and oxygen atoms in total. The Labute approximate surface area is 141 Å². The van der Waals surface area contributed by atoms with Crippen molar-refractivity contribution in [2.75, 3.05) is 25.0 Å². The van der Waals surface area contributed by atoms with Crippen LogP contribution in [0.1, 0.15) is 36.5 Å². The number of carbonyl (C=O) groups excluding carboxylic acids is 2. The highest BCUT2D eigenvalue weighted by Gasteiger charge is 2.17.